The Balaban J connectivity index is 1.63. The molecule has 0 aromatic heterocycles. The van der Waals surface area contributed by atoms with Crippen molar-refractivity contribution in [2.75, 3.05) is 26.2 Å². The molecule has 2 amide bonds. The summed E-state index contributed by atoms with van der Waals surface area (Å²) >= 11 is 5.77. The van der Waals surface area contributed by atoms with Gasteiger partial charge in [-0.3, -0.25) is 0 Å². The second-order valence-electron chi connectivity index (χ2n) is 4.23. The smallest absolute Gasteiger partial charge is 0.317 e. The van der Waals surface area contributed by atoms with Gasteiger partial charge in [0.05, 0.1) is 6.54 Å². The average molecular weight is 269 g/mol. The Bertz CT molecular complexity index is 388. The number of rotatable bonds is 4. The average Bonchev–Trinajstić information content (AvgIpc) is 2.90. The predicted octanol–water partition coefficient (Wildman–Crippen LogP) is 2.52. The standard InChI is InChI=1S/C13H17ClN2O2/c14-11-3-5-12(6-4-11)18-10-7-15-13(17)16-8-1-2-9-16/h3-6H,1-2,7-10H2,(H,15,17). The summed E-state index contributed by atoms with van der Waals surface area (Å²) in [5, 5.41) is 3.53. The maximum Gasteiger partial charge on any atom is 0.317 e. The lowest BCUT2D eigenvalue weighted by Crippen LogP contribution is -2.39. The number of benzene rings is 1. The van der Waals surface area contributed by atoms with Gasteiger partial charge in [0.1, 0.15) is 12.4 Å². The third kappa shape index (κ3) is 3.81. The quantitative estimate of drug-likeness (QED) is 0.853. The molecule has 1 saturated heterocycles. The van der Waals surface area contributed by atoms with Crippen molar-refractivity contribution in [3.05, 3.63) is 29.3 Å². The molecule has 0 radical (unpaired) electrons. The lowest BCUT2D eigenvalue weighted by Gasteiger charge is -2.16. The molecule has 98 valence electrons. The number of carbonyl (C=O) groups excluding carboxylic acids is 1. The molecule has 1 aliphatic rings. The minimum absolute atomic E-state index is 0.00667. The van der Waals surface area contributed by atoms with Gasteiger partial charge < -0.3 is 15.0 Å². The van der Waals surface area contributed by atoms with E-state index in [0.717, 1.165) is 31.7 Å². The van der Waals surface area contributed by atoms with Gasteiger partial charge in [-0.2, -0.15) is 0 Å². The highest BCUT2D eigenvalue weighted by Crippen LogP contribution is 2.15. The predicted molar refractivity (Wildman–Crippen MR) is 71.2 cm³/mol. The van der Waals surface area contributed by atoms with Crippen LogP contribution in [-0.4, -0.2) is 37.2 Å². The fourth-order valence-electron chi connectivity index (χ4n) is 1.89. The summed E-state index contributed by atoms with van der Waals surface area (Å²) in [6.45, 7) is 2.70. The Labute approximate surface area is 112 Å². The van der Waals surface area contributed by atoms with E-state index in [1.54, 1.807) is 12.1 Å². The molecule has 0 spiro atoms. The summed E-state index contributed by atoms with van der Waals surface area (Å²) in [5.41, 5.74) is 0. The molecule has 5 heteroatoms. The van der Waals surface area contributed by atoms with Crippen LogP contribution in [0, 0.1) is 0 Å². The van der Waals surface area contributed by atoms with Crippen molar-refractivity contribution in [3.63, 3.8) is 0 Å². The van der Waals surface area contributed by atoms with E-state index in [1.807, 2.05) is 17.0 Å². The highest BCUT2D eigenvalue weighted by Gasteiger charge is 2.16. The minimum atomic E-state index is 0.00667. The summed E-state index contributed by atoms with van der Waals surface area (Å²) in [5.74, 6) is 0.759. The Morgan fingerprint density at radius 2 is 1.94 bits per heavy atom. The molecular formula is C13H17ClN2O2. The lowest BCUT2D eigenvalue weighted by molar-refractivity contribution is 0.205. The zero-order chi connectivity index (χ0) is 12.8. The number of nitrogens with zero attached hydrogens (tertiary/aromatic N) is 1. The van der Waals surface area contributed by atoms with Gasteiger partial charge in [-0.1, -0.05) is 11.6 Å². The van der Waals surface area contributed by atoms with Crippen molar-refractivity contribution in [2.45, 2.75) is 12.8 Å². The van der Waals surface area contributed by atoms with Gasteiger partial charge in [-0.05, 0) is 37.1 Å². The van der Waals surface area contributed by atoms with Gasteiger partial charge >= 0.3 is 6.03 Å². The van der Waals surface area contributed by atoms with Crippen LogP contribution in [-0.2, 0) is 0 Å². The van der Waals surface area contributed by atoms with E-state index in [0.29, 0.717) is 18.2 Å². The molecule has 1 aliphatic heterocycles. The third-order valence-electron chi connectivity index (χ3n) is 2.85. The van der Waals surface area contributed by atoms with Crippen LogP contribution in [0.2, 0.25) is 5.02 Å². The fourth-order valence-corrected chi connectivity index (χ4v) is 2.02. The molecule has 4 nitrogen and oxygen atoms in total. The number of ether oxygens (including phenoxy) is 1. The van der Waals surface area contributed by atoms with E-state index < -0.39 is 0 Å². The first-order chi connectivity index (χ1) is 8.75. The molecule has 1 fully saturated rings. The van der Waals surface area contributed by atoms with Crippen molar-refractivity contribution in [2.24, 2.45) is 0 Å². The molecule has 0 atom stereocenters. The number of carbonyl (C=O) groups is 1. The Hall–Kier alpha value is -1.42. The van der Waals surface area contributed by atoms with Crippen LogP contribution < -0.4 is 10.1 Å². The first-order valence-electron chi connectivity index (χ1n) is 6.17. The molecule has 1 aromatic rings. The van der Waals surface area contributed by atoms with Crippen LogP contribution >= 0.6 is 11.6 Å². The normalized spacial score (nSPS) is 14.6. The van der Waals surface area contributed by atoms with E-state index in [-0.39, 0.29) is 6.03 Å². The molecule has 0 unspecified atom stereocenters. The van der Waals surface area contributed by atoms with Gasteiger partial charge in [0.2, 0.25) is 0 Å². The van der Waals surface area contributed by atoms with E-state index in [4.69, 9.17) is 16.3 Å². The Kier molecular flexibility index (Phi) is 4.70. The van der Waals surface area contributed by atoms with Crippen LogP contribution in [0.3, 0.4) is 0 Å². The van der Waals surface area contributed by atoms with Crippen LogP contribution in [0.4, 0.5) is 4.79 Å². The van der Waals surface area contributed by atoms with Crippen molar-refractivity contribution < 1.29 is 9.53 Å². The molecule has 1 aromatic carbocycles. The van der Waals surface area contributed by atoms with E-state index in [2.05, 4.69) is 5.32 Å². The maximum absolute atomic E-state index is 11.6. The second kappa shape index (κ2) is 6.50. The lowest BCUT2D eigenvalue weighted by atomic mass is 10.3. The number of urea groups is 1. The largest absolute Gasteiger partial charge is 0.492 e. The topological polar surface area (TPSA) is 41.6 Å². The molecule has 1 heterocycles. The molecular weight excluding hydrogens is 252 g/mol. The number of nitrogens with one attached hydrogen (secondary N) is 1. The van der Waals surface area contributed by atoms with Gasteiger partial charge in [0.25, 0.3) is 0 Å². The van der Waals surface area contributed by atoms with Crippen LogP contribution in [0.25, 0.3) is 0 Å². The zero-order valence-electron chi connectivity index (χ0n) is 10.2. The first kappa shape index (κ1) is 13.0. The van der Waals surface area contributed by atoms with Crippen molar-refractivity contribution >= 4 is 17.6 Å². The molecule has 0 aliphatic carbocycles. The summed E-state index contributed by atoms with van der Waals surface area (Å²) in [4.78, 5) is 13.5. The number of likely N-dealkylation sites (tertiary alicyclic amines) is 1. The highest BCUT2D eigenvalue weighted by atomic mass is 35.5. The fraction of sp³-hybridized carbons (Fsp3) is 0.462. The number of hydrogen-bond donors (Lipinski definition) is 1. The van der Waals surface area contributed by atoms with Crippen molar-refractivity contribution in [1.29, 1.82) is 0 Å². The summed E-state index contributed by atoms with van der Waals surface area (Å²) < 4.78 is 5.48. The van der Waals surface area contributed by atoms with E-state index in [1.165, 1.54) is 0 Å². The molecule has 0 bridgehead atoms. The monoisotopic (exact) mass is 268 g/mol. The minimum Gasteiger partial charge on any atom is -0.492 e. The Morgan fingerprint density at radius 1 is 1.28 bits per heavy atom. The highest BCUT2D eigenvalue weighted by molar-refractivity contribution is 6.30. The number of amides is 2. The van der Waals surface area contributed by atoms with Crippen LogP contribution in [0.1, 0.15) is 12.8 Å². The van der Waals surface area contributed by atoms with Crippen molar-refractivity contribution in [1.82, 2.24) is 10.2 Å². The molecule has 0 saturated carbocycles. The first-order valence-corrected chi connectivity index (χ1v) is 6.54. The van der Waals surface area contributed by atoms with Crippen LogP contribution in [0.5, 0.6) is 5.75 Å². The van der Waals surface area contributed by atoms with Gasteiger partial charge in [-0.15, -0.1) is 0 Å². The molecule has 18 heavy (non-hydrogen) atoms. The van der Waals surface area contributed by atoms with Gasteiger partial charge in [0, 0.05) is 18.1 Å². The summed E-state index contributed by atoms with van der Waals surface area (Å²) in [7, 11) is 0. The van der Waals surface area contributed by atoms with E-state index >= 15 is 0 Å². The van der Waals surface area contributed by atoms with Gasteiger partial charge in [0.15, 0.2) is 0 Å². The summed E-state index contributed by atoms with van der Waals surface area (Å²) in [6, 6.07) is 7.18. The molecule has 2 rings (SSSR count). The number of hydrogen-bond acceptors (Lipinski definition) is 2. The maximum atomic E-state index is 11.6. The van der Waals surface area contributed by atoms with Crippen LogP contribution in [0.15, 0.2) is 24.3 Å². The van der Waals surface area contributed by atoms with E-state index in [9.17, 15) is 4.79 Å². The Morgan fingerprint density at radius 3 is 2.61 bits per heavy atom. The number of halogens is 1. The van der Waals surface area contributed by atoms with Crippen molar-refractivity contribution in [3.8, 4) is 5.75 Å². The second-order valence-corrected chi connectivity index (χ2v) is 4.66. The zero-order valence-corrected chi connectivity index (χ0v) is 10.9. The third-order valence-corrected chi connectivity index (χ3v) is 3.11. The summed E-state index contributed by atoms with van der Waals surface area (Å²) in [6.07, 6.45) is 2.21. The SMILES string of the molecule is O=C(NCCOc1ccc(Cl)cc1)N1CCCC1. The molecule has 1 N–H and O–H groups in total. The van der Waals surface area contributed by atoms with Gasteiger partial charge in [-0.25, -0.2) is 4.79 Å².